The number of likely N-dealkylation sites (tertiary alicyclic amines) is 1. The van der Waals surface area contributed by atoms with Crippen molar-refractivity contribution in [3.8, 4) is 5.88 Å². The van der Waals surface area contributed by atoms with Crippen molar-refractivity contribution in [3.63, 3.8) is 0 Å². The summed E-state index contributed by atoms with van der Waals surface area (Å²) in [6, 6.07) is 4.06. The van der Waals surface area contributed by atoms with E-state index in [0.29, 0.717) is 18.3 Å². The van der Waals surface area contributed by atoms with Gasteiger partial charge in [0.05, 0.1) is 13.7 Å². The lowest BCUT2D eigenvalue weighted by Gasteiger charge is -2.21. The number of guanidine groups is 1. The van der Waals surface area contributed by atoms with Crippen molar-refractivity contribution in [3.05, 3.63) is 23.9 Å². The van der Waals surface area contributed by atoms with Gasteiger partial charge in [0.25, 0.3) is 0 Å². The zero-order valence-electron chi connectivity index (χ0n) is 16.4. The molecular formula is C20H31N5O2. The summed E-state index contributed by atoms with van der Waals surface area (Å²) in [6.07, 6.45) is 7.27. The largest absolute Gasteiger partial charge is 0.481 e. The van der Waals surface area contributed by atoms with Crippen LogP contribution in [0.5, 0.6) is 5.88 Å². The van der Waals surface area contributed by atoms with E-state index in [-0.39, 0.29) is 12.0 Å². The van der Waals surface area contributed by atoms with Crippen LogP contribution in [0.3, 0.4) is 0 Å². The average Bonchev–Trinajstić information content (AvgIpc) is 3.38. The van der Waals surface area contributed by atoms with Gasteiger partial charge in [0.15, 0.2) is 5.96 Å². The first-order valence-corrected chi connectivity index (χ1v) is 10.0. The molecule has 1 unspecified atom stereocenters. The van der Waals surface area contributed by atoms with Gasteiger partial charge in [-0.1, -0.05) is 18.9 Å². The number of methoxy groups -OCH3 is 1. The maximum atomic E-state index is 12.6. The van der Waals surface area contributed by atoms with Gasteiger partial charge < -0.3 is 20.3 Å². The molecule has 7 nitrogen and oxygen atoms in total. The van der Waals surface area contributed by atoms with Crippen LogP contribution in [-0.4, -0.2) is 54.5 Å². The van der Waals surface area contributed by atoms with Crippen molar-refractivity contribution >= 4 is 11.9 Å². The predicted octanol–water partition coefficient (Wildman–Crippen LogP) is 1.94. The smallest absolute Gasteiger partial charge is 0.225 e. The summed E-state index contributed by atoms with van der Waals surface area (Å²) in [5, 5.41) is 6.78. The van der Waals surface area contributed by atoms with Gasteiger partial charge in [0, 0.05) is 43.9 Å². The molecule has 2 N–H and O–H groups in total. The zero-order chi connectivity index (χ0) is 19.1. The molecule has 1 saturated carbocycles. The molecule has 1 aliphatic heterocycles. The number of aliphatic imine (C=N–C) groups is 1. The van der Waals surface area contributed by atoms with Crippen LogP contribution in [0.1, 0.15) is 44.6 Å². The highest BCUT2D eigenvalue weighted by molar-refractivity contribution is 5.81. The summed E-state index contributed by atoms with van der Waals surface area (Å²) < 4.78 is 5.08. The molecule has 0 spiro atoms. The summed E-state index contributed by atoms with van der Waals surface area (Å²) in [4.78, 5) is 23.5. The van der Waals surface area contributed by atoms with E-state index < -0.39 is 0 Å². The lowest BCUT2D eigenvalue weighted by Crippen LogP contribution is -2.45. The van der Waals surface area contributed by atoms with Crippen LogP contribution in [0.25, 0.3) is 0 Å². The molecule has 27 heavy (non-hydrogen) atoms. The van der Waals surface area contributed by atoms with Gasteiger partial charge in [-0.2, -0.15) is 0 Å². The number of nitrogens with one attached hydrogen (secondary N) is 2. The minimum Gasteiger partial charge on any atom is -0.481 e. The minimum atomic E-state index is 0.252. The fourth-order valence-corrected chi connectivity index (χ4v) is 3.82. The summed E-state index contributed by atoms with van der Waals surface area (Å²) in [7, 11) is 1.61. The minimum absolute atomic E-state index is 0.252. The number of carbonyl (C=O) groups excluding carboxylic acids is 1. The number of hydrogen-bond acceptors (Lipinski definition) is 4. The Labute approximate surface area is 161 Å². The Morgan fingerprint density at radius 3 is 2.81 bits per heavy atom. The van der Waals surface area contributed by atoms with Crippen molar-refractivity contribution in [1.29, 1.82) is 0 Å². The van der Waals surface area contributed by atoms with Gasteiger partial charge in [-0.15, -0.1) is 0 Å². The molecule has 2 heterocycles. The van der Waals surface area contributed by atoms with E-state index in [1.165, 1.54) is 12.8 Å². The molecule has 2 fully saturated rings. The van der Waals surface area contributed by atoms with E-state index in [2.05, 4.69) is 27.5 Å². The van der Waals surface area contributed by atoms with Crippen LogP contribution in [0.2, 0.25) is 0 Å². The Bertz CT molecular complexity index is 640. The number of nitrogens with zero attached hydrogens (tertiary/aromatic N) is 3. The topological polar surface area (TPSA) is 78.9 Å². The lowest BCUT2D eigenvalue weighted by atomic mass is 10.1. The second-order valence-electron chi connectivity index (χ2n) is 7.30. The zero-order valence-corrected chi connectivity index (χ0v) is 16.4. The third-order valence-electron chi connectivity index (χ3n) is 5.32. The van der Waals surface area contributed by atoms with Crippen LogP contribution < -0.4 is 15.4 Å². The molecule has 0 radical (unpaired) electrons. The number of aromatic nitrogens is 1. The van der Waals surface area contributed by atoms with Gasteiger partial charge in [-0.25, -0.2) is 9.98 Å². The van der Waals surface area contributed by atoms with Crippen LogP contribution in [0.4, 0.5) is 0 Å². The molecule has 1 amide bonds. The van der Waals surface area contributed by atoms with E-state index in [1.807, 2.05) is 17.0 Å². The normalized spacial score (nSPS) is 20.7. The molecule has 1 atom stereocenters. The number of hydrogen-bond donors (Lipinski definition) is 2. The van der Waals surface area contributed by atoms with Gasteiger partial charge in [0.2, 0.25) is 11.8 Å². The molecule has 1 aliphatic carbocycles. The fraction of sp³-hybridized carbons (Fsp3) is 0.650. The van der Waals surface area contributed by atoms with E-state index in [9.17, 15) is 4.79 Å². The van der Waals surface area contributed by atoms with E-state index in [4.69, 9.17) is 4.74 Å². The molecular weight excluding hydrogens is 342 g/mol. The fourth-order valence-electron chi connectivity index (χ4n) is 3.82. The van der Waals surface area contributed by atoms with Gasteiger partial charge in [-0.3, -0.25) is 4.79 Å². The average molecular weight is 374 g/mol. The summed E-state index contributed by atoms with van der Waals surface area (Å²) in [6.45, 7) is 5.00. The second-order valence-corrected chi connectivity index (χ2v) is 7.30. The Morgan fingerprint density at radius 1 is 1.33 bits per heavy atom. The molecule has 1 aromatic rings. The SMILES string of the molecule is CCNC(=NCc1ccc(OC)nc1)NC1CCN(C(=O)C2CCCC2)C1. The maximum absolute atomic E-state index is 12.6. The maximum Gasteiger partial charge on any atom is 0.225 e. The van der Waals surface area contributed by atoms with Crippen LogP contribution in [0, 0.1) is 5.92 Å². The number of ether oxygens (including phenoxy) is 1. The Balaban J connectivity index is 1.53. The molecule has 0 bridgehead atoms. The molecule has 3 rings (SSSR count). The van der Waals surface area contributed by atoms with E-state index in [1.54, 1.807) is 13.3 Å². The Morgan fingerprint density at radius 2 is 2.15 bits per heavy atom. The Hall–Kier alpha value is -2.31. The van der Waals surface area contributed by atoms with Crippen LogP contribution in [0.15, 0.2) is 23.3 Å². The van der Waals surface area contributed by atoms with E-state index in [0.717, 1.165) is 50.4 Å². The van der Waals surface area contributed by atoms with Crippen molar-refractivity contribution < 1.29 is 9.53 Å². The molecule has 1 saturated heterocycles. The summed E-state index contributed by atoms with van der Waals surface area (Å²) >= 11 is 0. The first-order valence-electron chi connectivity index (χ1n) is 10.0. The summed E-state index contributed by atoms with van der Waals surface area (Å²) in [5.41, 5.74) is 1.03. The third kappa shape index (κ3) is 5.34. The lowest BCUT2D eigenvalue weighted by molar-refractivity contribution is -0.134. The molecule has 1 aromatic heterocycles. The quantitative estimate of drug-likeness (QED) is 0.588. The third-order valence-corrected chi connectivity index (χ3v) is 5.32. The number of amides is 1. The van der Waals surface area contributed by atoms with Crippen molar-refractivity contribution in [2.24, 2.45) is 10.9 Å². The van der Waals surface area contributed by atoms with Crippen molar-refractivity contribution in [2.45, 2.75) is 51.6 Å². The predicted molar refractivity (Wildman–Crippen MR) is 106 cm³/mol. The molecule has 148 valence electrons. The number of rotatable bonds is 6. The van der Waals surface area contributed by atoms with Crippen LogP contribution >= 0.6 is 0 Å². The monoisotopic (exact) mass is 373 g/mol. The molecule has 7 heteroatoms. The number of carbonyl (C=O) groups is 1. The highest BCUT2D eigenvalue weighted by Gasteiger charge is 2.32. The highest BCUT2D eigenvalue weighted by Crippen LogP contribution is 2.27. The van der Waals surface area contributed by atoms with Gasteiger partial charge in [-0.05, 0) is 31.7 Å². The Kier molecular flexibility index (Phi) is 6.90. The van der Waals surface area contributed by atoms with Gasteiger partial charge >= 0.3 is 0 Å². The van der Waals surface area contributed by atoms with Crippen molar-refractivity contribution in [1.82, 2.24) is 20.5 Å². The van der Waals surface area contributed by atoms with Crippen molar-refractivity contribution in [2.75, 3.05) is 26.7 Å². The molecule has 2 aliphatic rings. The second kappa shape index (κ2) is 9.58. The first kappa shape index (κ1) is 19.5. The highest BCUT2D eigenvalue weighted by atomic mass is 16.5. The number of pyridine rings is 1. The van der Waals surface area contributed by atoms with Gasteiger partial charge in [0.1, 0.15) is 0 Å². The summed E-state index contributed by atoms with van der Waals surface area (Å²) in [5.74, 6) is 2.00. The first-order chi connectivity index (χ1) is 13.2. The standard InChI is InChI=1S/C20H31N5O2/c1-3-21-20(23-13-15-8-9-18(27-2)22-12-15)24-17-10-11-25(14-17)19(26)16-6-4-5-7-16/h8-9,12,16-17H,3-7,10-11,13-14H2,1-2H3,(H2,21,23,24). The van der Waals surface area contributed by atoms with Crippen LogP contribution in [-0.2, 0) is 11.3 Å². The van der Waals surface area contributed by atoms with E-state index >= 15 is 0 Å². The molecule has 0 aromatic carbocycles.